The van der Waals surface area contributed by atoms with Crippen LogP contribution in [-0.2, 0) is 6.54 Å². The van der Waals surface area contributed by atoms with Crippen LogP contribution in [0.1, 0.15) is 33.8 Å². The van der Waals surface area contributed by atoms with Crippen LogP contribution in [0.2, 0.25) is 0 Å². The van der Waals surface area contributed by atoms with Gasteiger partial charge in [0.1, 0.15) is 4.88 Å². The number of aromatic carboxylic acids is 1. The topological polar surface area (TPSA) is 49.3 Å². The smallest absolute Gasteiger partial charge is 0.345 e. The van der Waals surface area contributed by atoms with Crippen molar-refractivity contribution in [1.82, 2.24) is 5.32 Å². The molecule has 2 bridgehead atoms. The maximum absolute atomic E-state index is 10.7. The van der Waals surface area contributed by atoms with Crippen LogP contribution in [0.15, 0.2) is 12.1 Å². The average molecular weight is 223 g/mol. The first kappa shape index (κ1) is 9.36. The molecule has 4 heteroatoms. The van der Waals surface area contributed by atoms with Crippen LogP contribution < -0.4 is 5.32 Å². The summed E-state index contributed by atoms with van der Waals surface area (Å²) < 4.78 is 0. The quantitative estimate of drug-likeness (QED) is 0.821. The summed E-state index contributed by atoms with van der Waals surface area (Å²) in [4.78, 5) is 12.2. The van der Waals surface area contributed by atoms with Gasteiger partial charge in [0.05, 0.1) is 0 Å². The van der Waals surface area contributed by atoms with Crippen LogP contribution in [-0.4, -0.2) is 16.6 Å². The molecule has 1 heterocycles. The summed E-state index contributed by atoms with van der Waals surface area (Å²) in [6.07, 6.45) is 3.97. The second-order valence-electron chi connectivity index (χ2n) is 4.68. The van der Waals surface area contributed by atoms with E-state index in [1.807, 2.05) is 6.07 Å². The minimum absolute atomic E-state index is 0.429. The second kappa shape index (κ2) is 3.06. The van der Waals surface area contributed by atoms with Crippen LogP contribution in [0.3, 0.4) is 0 Å². The zero-order chi connectivity index (χ0) is 10.5. The summed E-state index contributed by atoms with van der Waals surface area (Å²) in [5.74, 6) is 0.159. The van der Waals surface area contributed by atoms with Crippen molar-refractivity contribution in [3.8, 4) is 0 Å². The van der Waals surface area contributed by atoms with Gasteiger partial charge in [0.15, 0.2) is 0 Å². The third kappa shape index (κ3) is 1.48. The molecule has 3 nitrogen and oxygen atoms in total. The Balaban J connectivity index is 1.59. The molecule has 1 aromatic rings. The molecule has 0 saturated heterocycles. The molecule has 4 rings (SSSR count). The normalized spacial score (nSPS) is 31.9. The van der Waals surface area contributed by atoms with Gasteiger partial charge in [-0.3, -0.25) is 0 Å². The molecule has 15 heavy (non-hydrogen) atoms. The maximum Gasteiger partial charge on any atom is 0.345 e. The van der Waals surface area contributed by atoms with Gasteiger partial charge in [-0.25, -0.2) is 4.79 Å². The van der Waals surface area contributed by atoms with E-state index in [0.717, 1.165) is 17.3 Å². The Bertz CT molecular complexity index is 395. The zero-order valence-corrected chi connectivity index (χ0v) is 9.14. The van der Waals surface area contributed by atoms with Crippen molar-refractivity contribution in [3.63, 3.8) is 0 Å². The van der Waals surface area contributed by atoms with E-state index in [0.29, 0.717) is 10.4 Å². The van der Waals surface area contributed by atoms with Gasteiger partial charge in [-0.15, -0.1) is 11.3 Å². The van der Waals surface area contributed by atoms with Gasteiger partial charge in [-0.2, -0.15) is 0 Å². The molecule has 0 amide bonds. The number of carboxylic acids is 1. The third-order valence-corrected chi connectivity index (χ3v) is 4.62. The monoisotopic (exact) mass is 223 g/mol. The Hall–Kier alpha value is -0.870. The van der Waals surface area contributed by atoms with Gasteiger partial charge in [0.2, 0.25) is 0 Å². The molecule has 0 radical (unpaired) electrons. The SMILES string of the molecule is O=C(O)c1ccc(CNC23CC(C2)C3)s1. The molecular weight excluding hydrogens is 210 g/mol. The van der Waals surface area contributed by atoms with Gasteiger partial charge < -0.3 is 10.4 Å². The number of nitrogens with one attached hydrogen (secondary N) is 1. The predicted molar refractivity (Wildman–Crippen MR) is 58.2 cm³/mol. The first-order valence-electron chi connectivity index (χ1n) is 5.24. The van der Waals surface area contributed by atoms with E-state index in [1.165, 1.54) is 30.6 Å². The van der Waals surface area contributed by atoms with Gasteiger partial charge >= 0.3 is 5.97 Å². The summed E-state index contributed by atoms with van der Waals surface area (Å²) in [7, 11) is 0. The fraction of sp³-hybridized carbons (Fsp3) is 0.545. The second-order valence-corrected chi connectivity index (χ2v) is 5.85. The standard InChI is InChI=1S/C11H13NO2S/c13-10(14)9-2-1-8(15-9)6-12-11-3-7(4-11)5-11/h1-2,7,12H,3-6H2,(H,13,14). The molecule has 0 unspecified atom stereocenters. The highest BCUT2D eigenvalue weighted by molar-refractivity contribution is 7.13. The molecule has 3 saturated carbocycles. The van der Waals surface area contributed by atoms with Crippen LogP contribution in [0.5, 0.6) is 0 Å². The van der Waals surface area contributed by atoms with Gasteiger partial charge in [0, 0.05) is 17.0 Å². The van der Waals surface area contributed by atoms with Crippen molar-refractivity contribution < 1.29 is 9.90 Å². The lowest BCUT2D eigenvalue weighted by molar-refractivity contribution is -0.0518. The van der Waals surface area contributed by atoms with Crippen molar-refractivity contribution in [2.24, 2.45) is 5.92 Å². The number of thiophene rings is 1. The Morgan fingerprint density at radius 2 is 2.27 bits per heavy atom. The lowest BCUT2D eigenvalue weighted by atomic mass is 9.50. The summed E-state index contributed by atoms with van der Waals surface area (Å²) in [5.41, 5.74) is 0.429. The van der Waals surface area contributed by atoms with E-state index >= 15 is 0 Å². The zero-order valence-electron chi connectivity index (χ0n) is 8.32. The summed E-state index contributed by atoms with van der Waals surface area (Å²) in [6.45, 7) is 0.824. The van der Waals surface area contributed by atoms with E-state index in [9.17, 15) is 4.79 Å². The van der Waals surface area contributed by atoms with Crippen LogP contribution >= 0.6 is 11.3 Å². The molecule has 3 aliphatic rings. The first-order chi connectivity index (χ1) is 7.17. The number of hydrogen-bond acceptors (Lipinski definition) is 3. The van der Waals surface area contributed by atoms with Gasteiger partial charge in [-0.05, 0) is 37.3 Å². The highest BCUT2D eigenvalue weighted by Gasteiger charge is 2.55. The van der Waals surface area contributed by atoms with Crippen molar-refractivity contribution in [2.75, 3.05) is 0 Å². The fourth-order valence-corrected chi connectivity index (χ4v) is 3.34. The number of rotatable bonds is 4. The van der Waals surface area contributed by atoms with Crippen molar-refractivity contribution in [2.45, 2.75) is 31.3 Å². The molecule has 0 spiro atoms. The fourth-order valence-electron chi connectivity index (χ4n) is 2.56. The summed E-state index contributed by atoms with van der Waals surface area (Å²) in [5, 5.41) is 12.3. The molecule has 3 fully saturated rings. The average Bonchev–Trinajstić information content (AvgIpc) is 2.47. The predicted octanol–water partition coefficient (Wildman–Crippen LogP) is 2.09. The van der Waals surface area contributed by atoms with E-state index in [4.69, 9.17) is 5.11 Å². The number of carboxylic acid groups (broad SMARTS) is 1. The minimum Gasteiger partial charge on any atom is -0.477 e. The van der Waals surface area contributed by atoms with Gasteiger partial charge in [-0.1, -0.05) is 0 Å². The molecule has 1 aromatic heterocycles. The van der Waals surface area contributed by atoms with Crippen molar-refractivity contribution in [1.29, 1.82) is 0 Å². The third-order valence-electron chi connectivity index (χ3n) is 3.55. The Labute approximate surface area is 92.1 Å². The van der Waals surface area contributed by atoms with E-state index in [2.05, 4.69) is 5.32 Å². The Morgan fingerprint density at radius 3 is 2.73 bits per heavy atom. The minimum atomic E-state index is -0.822. The maximum atomic E-state index is 10.7. The highest BCUT2D eigenvalue weighted by atomic mass is 32.1. The highest BCUT2D eigenvalue weighted by Crippen LogP contribution is 2.57. The van der Waals surface area contributed by atoms with Gasteiger partial charge in [0.25, 0.3) is 0 Å². The summed E-state index contributed by atoms with van der Waals surface area (Å²) >= 11 is 1.37. The Morgan fingerprint density at radius 1 is 1.53 bits per heavy atom. The number of carbonyl (C=O) groups is 1. The van der Waals surface area contributed by atoms with E-state index in [-0.39, 0.29) is 0 Å². The lowest BCUT2D eigenvalue weighted by Gasteiger charge is -2.62. The van der Waals surface area contributed by atoms with E-state index in [1.54, 1.807) is 6.07 Å². The molecule has 2 N–H and O–H groups in total. The Kier molecular flexibility index (Phi) is 1.91. The van der Waals surface area contributed by atoms with Crippen molar-refractivity contribution in [3.05, 3.63) is 21.9 Å². The van der Waals surface area contributed by atoms with Crippen LogP contribution in [0, 0.1) is 5.92 Å². The molecule has 3 aliphatic carbocycles. The molecule has 0 aliphatic heterocycles. The van der Waals surface area contributed by atoms with Crippen LogP contribution in [0.25, 0.3) is 0 Å². The first-order valence-corrected chi connectivity index (χ1v) is 6.06. The molecule has 0 atom stereocenters. The lowest BCUT2D eigenvalue weighted by Crippen LogP contribution is -2.66. The molecule has 0 aromatic carbocycles. The molecular formula is C11H13NO2S. The molecule has 80 valence electrons. The summed E-state index contributed by atoms with van der Waals surface area (Å²) in [6, 6.07) is 3.60. The van der Waals surface area contributed by atoms with E-state index < -0.39 is 5.97 Å². The largest absolute Gasteiger partial charge is 0.477 e. The van der Waals surface area contributed by atoms with Crippen molar-refractivity contribution >= 4 is 17.3 Å². The van der Waals surface area contributed by atoms with Crippen LogP contribution in [0.4, 0.5) is 0 Å². The number of hydrogen-bond donors (Lipinski definition) is 2.